The molecule has 16 heavy (non-hydrogen) atoms. The second-order valence-corrected chi connectivity index (χ2v) is 3.48. The standard InChI is InChI=1S/C9H16N4O3/c1-3-16-6-8-10-11-12-13(8)5-4-7(2)9(14)15/h7H,3-6H2,1-2H3,(H,14,15). The van der Waals surface area contributed by atoms with Gasteiger partial charge in [-0.05, 0) is 23.8 Å². The fraction of sp³-hybridized carbons (Fsp3) is 0.778. The lowest BCUT2D eigenvalue weighted by Gasteiger charge is -2.07. The quantitative estimate of drug-likeness (QED) is 0.722. The Balaban J connectivity index is 2.47. The summed E-state index contributed by atoms with van der Waals surface area (Å²) >= 11 is 0. The van der Waals surface area contributed by atoms with Gasteiger partial charge in [0.1, 0.15) is 6.61 Å². The van der Waals surface area contributed by atoms with E-state index in [1.54, 1.807) is 11.6 Å². The van der Waals surface area contributed by atoms with Crippen LogP contribution < -0.4 is 0 Å². The van der Waals surface area contributed by atoms with Crippen molar-refractivity contribution in [3.8, 4) is 0 Å². The SMILES string of the molecule is CCOCc1nnnn1CCC(C)C(=O)O. The summed E-state index contributed by atoms with van der Waals surface area (Å²) in [6.07, 6.45) is 0.500. The number of aliphatic carboxylic acids is 1. The number of tetrazole rings is 1. The molecule has 0 aliphatic rings. The van der Waals surface area contributed by atoms with E-state index in [1.807, 2.05) is 6.92 Å². The summed E-state index contributed by atoms with van der Waals surface area (Å²) in [7, 11) is 0. The summed E-state index contributed by atoms with van der Waals surface area (Å²) < 4.78 is 6.77. The van der Waals surface area contributed by atoms with Crippen LogP contribution in [0.1, 0.15) is 26.1 Å². The molecule has 90 valence electrons. The summed E-state index contributed by atoms with van der Waals surface area (Å²) in [5.74, 6) is -0.581. The molecule has 0 saturated carbocycles. The van der Waals surface area contributed by atoms with E-state index in [1.165, 1.54) is 0 Å². The number of carboxylic acid groups (broad SMARTS) is 1. The normalized spacial score (nSPS) is 12.6. The fourth-order valence-electron chi connectivity index (χ4n) is 1.13. The van der Waals surface area contributed by atoms with Crippen molar-refractivity contribution in [2.24, 2.45) is 5.92 Å². The van der Waals surface area contributed by atoms with E-state index in [0.717, 1.165) is 0 Å². The highest BCUT2D eigenvalue weighted by Crippen LogP contribution is 2.05. The van der Waals surface area contributed by atoms with Crippen molar-refractivity contribution in [2.45, 2.75) is 33.4 Å². The number of aromatic nitrogens is 4. The third-order valence-electron chi connectivity index (χ3n) is 2.24. The van der Waals surface area contributed by atoms with Gasteiger partial charge in [0.15, 0.2) is 5.82 Å². The van der Waals surface area contributed by atoms with E-state index in [4.69, 9.17) is 9.84 Å². The topological polar surface area (TPSA) is 90.1 Å². The van der Waals surface area contributed by atoms with Crippen molar-refractivity contribution in [3.05, 3.63) is 5.82 Å². The van der Waals surface area contributed by atoms with Crippen molar-refractivity contribution >= 4 is 5.97 Å². The first-order valence-electron chi connectivity index (χ1n) is 5.20. The van der Waals surface area contributed by atoms with Crippen LogP contribution in [0.4, 0.5) is 0 Å². The third kappa shape index (κ3) is 3.58. The van der Waals surface area contributed by atoms with Crippen LogP contribution in [-0.2, 0) is 22.7 Å². The molecule has 1 rings (SSSR count). The Kier molecular flexibility index (Phi) is 4.84. The molecule has 1 atom stereocenters. The van der Waals surface area contributed by atoms with Gasteiger partial charge in [-0.25, -0.2) is 4.68 Å². The highest BCUT2D eigenvalue weighted by Gasteiger charge is 2.13. The molecule has 1 N–H and O–H groups in total. The minimum atomic E-state index is -0.806. The van der Waals surface area contributed by atoms with E-state index in [-0.39, 0.29) is 0 Å². The van der Waals surface area contributed by atoms with Gasteiger partial charge < -0.3 is 9.84 Å². The van der Waals surface area contributed by atoms with Gasteiger partial charge in [-0.15, -0.1) is 5.10 Å². The van der Waals surface area contributed by atoms with Gasteiger partial charge in [0, 0.05) is 13.2 Å². The Morgan fingerprint density at radius 2 is 2.38 bits per heavy atom. The van der Waals surface area contributed by atoms with Crippen LogP contribution in [-0.4, -0.2) is 37.9 Å². The molecule has 1 aromatic heterocycles. The predicted molar refractivity (Wildman–Crippen MR) is 54.6 cm³/mol. The fourth-order valence-corrected chi connectivity index (χ4v) is 1.13. The van der Waals surface area contributed by atoms with Crippen LogP contribution in [0.15, 0.2) is 0 Å². The van der Waals surface area contributed by atoms with Crippen molar-refractivity contribution in [1.29, 1.82) is 0 Å². The largest absolute Gasteiger partial charge is 0.481 e. The van der Waals surface area contributed by atoms with Crippen LogP contribution >= 0.6 is 0 Å². The number of hydrogen-bond donors (Lipinski definition) is 1. The van der Waals surface area contributed by atoms with Gasteiger partial charge in [0.25, 0.3) is 0 Å². The molecule has 0 radical (unpaired) electrons. The van der Waals surface area contributed by atoms with Crippen molar-refractivity contribution in [1.82, 2.24) is 20.2 Å². The number of aryl methyl sites for hydroxylation is 1. The number of ether oxygens (including phenoxy) is 1. The first-order valence-corrected chi connectivity index (χ1v) is 5.20. The number of rotatable bonds is 7. The zero-order valence-corrected chi connectivity index (χ0v) is 9.46. The van der Waals surface area contributed by atoms with Crippen LogP contribution in [0.5, 0.6) is 0 Å². The van der Waals surface area contributed by atoms with Gasteiger partial charge in [0.2, 0.25) is 0 Å². The number of carbonyl (C=O) groups is 1. The monoisotopic (exact) mass is 228 g/mol. The Morgan fingerprint density at radius 3 is 3.00 bits per heavy atom. The molecule has 0 aliphatic carbocycles. The Morgan fingerprint density at radius 1 is 1.62 bits per heavy atom. The van der Waals surface area contributed by atoms with Crippen molar-refractivity contribution < 1.29 is 14.6 Å². The van der Waals surface area contributed by atoms with Crippen molar-refractivity contribution in [2.75, 3.05) is 6.61 Å². The zero-order chi connectivity index (χ0) is 12.0. The highest BCUT2D eigenvalue weighted by atomic mass is 16.5. The molecule has 1 heterocycles. The second kappa shape index (κ2) is 6.16. The first-order chi connectivity index (χ1) is 7.65. The summed E-state index contributed by atoms with van der Waals surface area (Å²) in [5.41, 5.74) is 0. The summed E-state index contributed by atoms with van der Waals surface area (Å²) in [6, 6.07) is 0. The van der Waals surface area contributed by atoms with Gasteiger partial charge in [-0.3, -0.25) is 4.79 Å². The molecule has 7 nitrogen and oxygen atoms in total. The minimum Gasteiger partial charge on any atom is -0.481 e. The van der Waals surface area contributed by atoms with Crippen LogP contribution in [0.3, 0.4) is 0 Å². The molecule has 1 unspecified atom stereocenters. The molecular weight excluding hydrogens is 212 g/mol. The van der Waals surface area contributed by atoms with Crippen LogP contribution in [0, 0.1) is 5.92 Å². The molecule has 1 aromatic rings. The molecule has 0 saturated heterocycles. The molecule has 0 fully saturated rings. The molecule has 0 spiro atoms. The van der Waals surface area contributed by atoms with Crippen molar-refractivity contribution in [3.63, 3.8) is 0 Å². The minimum absolute atomic E-state index is 0.352. The first kappa shape index (κ1) is 12.6. The van der Waals surface area contributed by atoms with E-state index in [0.29, 0.717) is 32.0 Å². The Hall–Kier alpha value is -1.50. The van der Waals surface area contributed by atoms with E-state index in [9.17, 15) is 4.79 Å². The maximum absolute atomic E-state index is 10.6. The summed E-state index contributed by atoms with van der Waals surface area (Å²) in [5, 5.41) is 19.9. The predicted octanol–water partition coefficient (Wildman–Crippen LogP) is 0.320. The number of hydrogen-bond acceptors (Lipinski definition) is 5. The molecule has 0 amide bonds. The van der Waals surface area contributed by atoms with Crippen LogP contribution in [0.2, 0.25) is 0 Å². The summed E-state index contributed by atoms with van der Waals surface area (Å²) in [4.78, 5) is 10.6. The maximum Gasteiger partial charge on any atom is 0.306 e. The average Bonchev–Trinajstić information content (AvgIpc) is 2.70. The zero-order valence-electron chi connectivity index (χ0n) is 9.46. The van der Waals surface area contributed by atoms with E-state index < -0.39 is 11.9 Å². The highest BCUT2D eigenvalue weighted by molar-refractivity contribution is 5.69. The number of carboxylic acids is 1. The number of nitrogens with zero attached hydrogens (tertiary/aromatic N) is 4. The molecule has 0 bridgehead atoms. The van der Waals surface area contributed by atoms with Gasteiger partial charge in [0.05, 0.1) is 5.92 Å². The van der Waals surface area contributed by atoms with Gasteiger partial charge in [-0.1, -0.05) is 6.92 Å². The Labute approximate surface area is 93.4 Å². The average molecular weight is 228 g/mol. The lowest BCUT2D eigenvalue weighted by atomic mass is 10.1. The molecule has 0 aliphatic heterocycles. The molecular formula is C9H16N4O3. The van der Waals surface area contributed by atoms with Gasteiger partial charge in [-0.2, -0.15) is 0 Å². The molecule has 0 aromatic carbocycles. The Bertz CT molecular complexity index is 339. The molecule has 7 heteroatoms. The van der Waals surface area contributed by atoms with Gasteiger partial charge >= 0.3 is 5.97 Å². The maximum atomic E-state index is 10.6. The summed E-state index contributed by atoms with van der Waals surface area (Å²) in [6.45, 7) is 4.99. The van der Waals surface area contributed by atoms with E-state index in [2.05, 4.69) is 15.5 Å². The van der Waals surface area contributed by atoms with E-state index >= 15 is 0 Å². The smallest absolute Gasteiger partial charge is 0.306 e. The second-order valence-electron chi connectivity index (χ2n) is 3.48. The lowest BCUT2D eigenvalue weighted by molar-refractivity contribution is -0.141. The lowest BCUT2D eigenvalue weighted by Crippen LogP contribution is -2.15. The third-order valence-corrected chi connectivity index (χ3v) is 2.24. The van der Waals surface area contributed by atoms with Crippen LogP contribution in [0.25, 0.3) is 0 Å².